The molecular formula is C7H11IO4. The van der Waals surface area contributed by atoms with Gasteiger partial charge in [-0.25, -0.2) is 4.79 Å². The summed E-state index contributed by atoms with van der Waals surface area (Å²) in [6.07, 6.45) is -0.998. The molecule has 1 rings (SSSR count). The molecule has 0 aromatic rings. The van der Waals surface area contributed by atoms with Crippen LogP contribution in [-0.4, -0.2) is 42.9 Å². The third-order valence-electron chi connectivity index (χ3n) is 1.84. The van der Waals surface area contributed by atoms with Crippen molar-refractivity contribution in [2.24, 2.45) is 0 Å². The van der Waals surface area contributed by atoms with E-state index in [4.69, 9.17) is 14.2 Å². The van der Waals surface area contributed by atoms with Crippen LogP contribution in [0.2, 0.25) is 0 Å². The summed E-state index contributed by atoms with van der Waals surface area (Å²) >= 11 is 2.15. The van der Waals surface area contributed by atoms with Gasteiger partial charge in [0, 0.05) is 18.6 Å². The Morgan fingerprint density at radius 2 is 2.17 bits per heavy atom. The lowest BCUT2D eigenvalue weighted by Gasteiger charge is -2.16. The van der Waals surface area contributed by atoms with Gasteiger partial charge < -0.3 is 14.2 Å². The molecule has 12 heavy (non-hydrogen) atoms. The molecule has 3 atom stereocenters. The monoisotopic (exact) mass is 286 g/mol. The van der Waals surface area contributed by atoms with E-state index in [1.165, 1.54) is 7.11 Å². The summed E-state index contributed by atoms with van der Waals surface area (Å²) < 4.78 is 15.8. The van der Waals surface area contributed by atoms with Crippen LogP contribution in [-0.2, 0) is 19.0 Å². The molecule has 70 valence electrons. The third kappa shape index (κ3) is 1.72. The smallest absolute Gasteiger partial charge is 0.338 e. The van der Waals surface area contributed by atoms with Gasteiger partial charge >= 0.3 is 5.97 Å². The van der Waals surface area contributed by atoms with E-state index in [1.807, 2.05) is 0 Å². The number of alkyl halides is 1. The predicted molar refractivity (Wildman–Crippen MR) is 50.4 cm³/mol. The normalized spacial score (nSPS) is 35.2. The first-order chi connectivity index (χ1) is 5.74. The van der Waals surface area contributed by atoms with Gasteiger partial charge in [0.2, 0.25) is 0 Å². The van der Waals surface area contributed by atoms with Crippen molar-refractivity contribution in [2.75, 3.05) is 18.6 Å². The van der Waals surface area contributed by atoms with E-state index in [9.17, 15) is 4.79 Å². The van der Waals surface area contributed by atoms with Gasteiger partial charge in [-0.1, -0.05) is 22.6 Å². The van der Waals surface area contributed by atoms with Crippen molar-refractivity contribution in [1.29, 1.82) is 0 Å². The molecule has 5 heteroatoms. The Morgan fingerprint density at radius 1 is 1.50 bits per heavy atom. The Labute approximate surface area is 84.7 Å². The maximum Gasteiger partial charge on any atom is 0.338 e. The SMILES string of the molecule is COC1C(=O)O[C@H](CI)C1OC. The Kier molecular flexibility index (Phi) is 3.73. The van der Waals surface area contributed by atoms with Crippen molar-refractivity contribution in [3.8, 4) is 0 Å². The summed E-state index contributed by atoms with van der Waals surface area (Å²) in [6.45, 7) is 0. The lowest BCUT2D eigenvalue weighted by Crippen LogP contribution is -2.35. The Morgan fingerprint density at radius 3 is 2.58 bits per heavy atom. The van der Waals surface area contributed by atoms with Crippen molar-refractivity contribution in [3.05, 3.63) is 0 Å². The zero-order valence-electron chi connectivity index (χ0n) is 6.95. The van der Waals surface area contributed by atoms with Gasteiger partial charge in [-0.2, -0.15) is 0 Å². The quantitative estimate of drug-likeness (QED) is 0.427. The number of methoxy groups -OCH3 is 2. The van der Waals surface area contributed by atoms with Gasteiger partial charge in [0.1, 0.15) is 12.2 Å². The van der Waals surface area contributed by atoms with Gasteiger partial charge in [-0.3, -0.25) is 0 Å². The van der Waals surface area contributed by atoms with E-state index in [0.29, 0.717) is 0 Å². The highest BCUT2D eigenvalue weighted by atomic mass is 127. The molecule has 0 saturated carbocycles. The number of carbonyl (C=O) groups excluding carboxylic acids is 1. The number of carbonyl (C=O) groups is 1. The topological polar surface area (TPSA) is 44.8 Å². The molecule has 1 heterocycles. The average molecular weight is 286 g/mol. The molecule has 0 radical (unpaired) electrons. The summed E-state index contributed by atoms with van der Waals surface area (Å²) in [5, 5.41) is 0. The van der Waals surface area contributed by atoms with Crippen molar-refractivity contribution < 1.29 is 19.0 Å². The molecule has 1 fully saturated rings. The molecule has 0 aliphatic carbocycles. The molecule has 0 aromatic heterocycles. The van der Waals surface area contributed by atoms with Crippen LogP contribution in [0.3, 0.4) is 0 Å². The van der Waals surface area contributed by atoms with E-state index < -0.39 is 6.10 Å². The lowest BCUT2D eigenvalue weighted by molar-refractivity contribution is -0.148. The van der Waals surface area contributed by atoms with Crippen molar-refractivity contribution in [2.45, 2.75) is 18.3 Å². The van der Waals surface area contributed by atoms with E-state index in [2.05, 4.69) is 22.6 Å². The van der Waals surface area contributed by atoms with Crippen molar-refractivity contribution in [3.63, 3.8) is 0 Å². The number of rotatable bonds is 3. The van der Waals surface area contributed by atoms with Gasteiger partial charge in [0.05, 0.1) is 0 Å². The summed E-state index contributed by atoms with van der Waals surface area (Å²) in [5.74, 6) is -0.328. The largest absolute Gasteiger partial charge is 0.457 e. The van der Waals surface area contributed by atoms with E-state index in [-0.39, 0.29) is 18.2 Å². The highest BCUT2D eigenvalue weighted by Crippen LogP contribution is 2.22. The molecule has 2 unspecified atom stereocenters. The second-order valence-corrected chi connectivity index (χ2v) is 3.37. The van der Waals surface area contributed by atoms with Crippen molar-refractivity contribution >= 4 is 28.6 Å². The second kappa shape index (κ2) is 4.38. The number of ether oxygens (including phenoxy) is 3. The summed E-state index contributed by atoms with van der Waals surface area (Å²) in [5.41, 5.74) is 0. The fourth-order valence-electron chi connectivity index (χ4n) is 1.24. The summed E-state index contributed by atoms with van der Waals surface area (Å²) in [7, 11) is 3.03. The predicted octanol–water partition coefficient (Wildman–Crippen LogP) is 0.377. The summed E-state index contributed by atoms with van der Waals surface area (Å²) in [6, 6.07) is 0. The van der Waals surface area contributed by atoms with Gasteiger partial charge in [0.15, 0.2) is 6.10 Å². The molecule has 0 bridgehead atoms. The summed E-state index contributed by atoms with van der Waals surface area (Å²) in [4.78, 5) is 11.1. The Hall–Kier alpha value is 0.120. The first kappa shape index (κ1) is 10.2. The first-order valence-electron chi connectivity index (χ1n) is 3.56. The first-order valence-corrected chi connectivity index (χ1v) is 5.09. The number of esters is 1. The standard InChI is InChI=1S/C7H11IO4/c1-10-5-4(3-8)12-7(9)6(5)11-2/h4-6H,3H2,1-2H3/t4-,5?,6?/m1/s1. The molecule has 0 aromatic carbocycles. The number of cyclic esters (lactones) is 1. The van der Waals surface area contributed by atoms with Crippen molar-refractivity contribution in [1.82, 2.24) is 0 Å². The molecule has 0 amide bonds. The van der Waals surface area contributed by atoms with Gasteiger partial charge in [-0.15, -0.1) is 0 Å². The molecule has 4 nitrogen and oxygen atoms in total. The van der Waals surface area contributed by atoms with Gasteiger partial charge in [0.25, 0.3) is 0 Å². The Bertz CT molecular complexity index is 173. The van der Waals surface area contributed by atoms with Crippen LogP contribution in [0.4, 0.5) is 0 Å². The van der Waals surface area contributed by atoms with E-state index in [1.54, 1.807) is 7.11 Å². The fourth-order valence-corrected chi connectivity index (χ4v) is 1.92. The van der Waals surface area contributed by atoms with E-state index >= 15 is 0 Å². The Balaban J connectivity index is 2.68. The number of hydrogen-bond donors (Lipinski definition) is 0. The molecule has 0 N–H and O–H groups in total. The number of hydrogen-bond acceptors (Lipinski definition) is 4. The zero-order chi connectivity index (χ0) is 9.14. The van der Waals surface area contributed by atoms with Crippen LogP contribution in [0.25, 0.3) is 0 Å². The van der Waals surface area contributed by atoms with Crippen LogP contribution in [0.5, 0.6) is 0 Å². The van der Waals surface area contributed by atoms with Crippen LogP contribution in [0, 0.1) is 0 Å². The second-order valence-electron chi connectivity index (χ2n) is 2.49. The van der Waals surface area contributed by atoms with Crippen LogP contribution in [0.1, 0.15) is 0 Å². The van der Waals surface area contributed by atoms with Gasteiger partial charge in [-0.05, 0) is 0 Å². The minimum absolute atomic E-state index is 0.173. The molecule has 1 aliphatic rings. The molecule has 1 saturated heterocycles. The molecule has 1 aliphatic heterocycles. The van der Waals surface area contributed by atoms with Crippen LogP contribution >= 0.6 is 22.6 Å². The minimum atomic E-state index is -0.560. The molecular weight excluding hydrogens is 275 g/mol. The minimum Gasteiger partial charge on any atom is -0.457 e. The van der Waals surface area contributed by atoms with E-state index in [0.717, 1.165) is 4.43 Å². The third-order valence-corrected chi connectivity index (χ3v) is 2.71. The lowest BCUT2D eigenvalue weighted by atomic mass is 10.2. The van der Waals surface area contributed by atoms with Crippen LogP contribution < -0.4 is 0 Å². The zero-order valence-corrected chi connectivity index (χ0v) is 9.11. The average Bonchev–Trinajstić information content (AvgIpc) is 2.40. The highest BCUT2D eigenvalue weighted by molar-refractivity contribution is 14.1. The fraction of sp³-hybridized carbons (Fsp3) is 0.857. The van der Waals surface area contributed by atoms with Crippen LogP contribution in [0.15, 0.2) is 0 Å². The number of halogens is 1. The molecule has 0 spiro atoms. The maximum absolute atomic E-state index is 11.1. The highest BCUT2D eigenvalue weighted by Gasteiger charge is 2.44. The maximum atomic E-state index is 11.1.